The molecule has 0 radical (unpaired) electrons. The third-order valence-electron chi connectivity index (χ3n) is 4.61. The Morgan fingerprint density at radius 3 is 2.81 bits per heavy atom. The molecule has 2 aliphatic heterocycles. The number of nitrogens with zero attached hydrogens (tertiary/aromatic N) is 3. The Labute approximate surface area is 158 Å². The molecule has 0 saturated heterocycles. The number of carbonyl (C=O) groups excluding carboxylic acids is 2. The molecule has 0 aromatic heterocycles. The molecule has 1 aromatic carbocycles. The Morgan fingerprint density at radius 1 is 1.38 bits per heavy atom. The van der Waals surface area contributed by atoms with Gasteiger partial charge in [-0.2, -0.15) is 0 Å². The summed E-state index contributed by atoms with van der Waals surface area (Å²) in [7, 11) is 3.94. The average molecular weight is 375 g/mol. The van der Waals surface area contributed by atoms with Gasteiger partial charge in [-0.25, -0.2) is 4.79 Å². The van der Waals surface area contributed by atoms with Crippen LogP contribution in [0.15, 0.2) is 48.2 Å². The maximum Gasteiger partial charge on any atom is 0.322 e. The van der Waals surface area contributed by atoms with E-state index in [4.69, 9.17) is 11.6 Å². The highest BCUT2D eigenvalue weighted by Crippen LogP contribution is 2.36. The zero-order valence-electron chi connectivity index (χ0n) is 15.0. The highest BCUT2D eigenvalue weighted by Gasteiger charge is 2.43. The highest BCUT2D eigenvalue weighted by molar-refractivity contribution is 6.30. The smallest absolute Gasteiger partial charge is 0.322 e. The minimum Gasteiger partial charge on any atom is -0.332 e. The van der Waals surface area contributed by atoms with E-state index in [1.165, 1.54) is 0 Å². The second-order valence-corrected chi connectivity index (χ2v) is 7.16. The van der Waals surface area contributed by atoms with Gasteiger partial charge in [0.1, 0.15) is 0 Å². The van der Waals surface area contributed by atoms with Crippen molar-refractivity contribution >= 4 is 23.5 Å². The average Bonchev–Trinajstić information content (AvgIpc) is 2.92. The molecule has 3 amide bonds. The van der Waals surface area contributed by atoms with Gasteiger partial charge >= 0.3 is 6.03 Å². The molecule has 1 unspecified atom stereocenters. The lowest BCUT2D eigenvalue weighted by atomic mass is 9.95. The largest absolute Gasteiger partial charge is 0.332 e. The molecule has 0 bridgehead atoms. The zero-order valence-corrected chi connectivity index (χ0v) is 15.8. The fourth-order valence-electron chi connectivity index (χ4n) is 3.31. The van der Waals surface area contributed by atoms with Gasteiger partial charge in [-0.15, -0.1) is 6.58 Å². The van der Waals surface area contributed by atoms with E-state index in [1.807, 2.05) is 31.1 Å². The van der Waals surface area contributed by atoms with Crippen LogP contribution >= 0.6 is 11.6 Å². The first-order valence-corrected chi connectivity index (χ1v) is 8.91. The molecular weight excluding hydrogens is 352 g/mol. The first kappa shape index (κ1) is 18.5. The predicted octanol–water partition coefficient (Wildman–Crippen LogP) is 2.25. The Kier molecular flexibility index (Phi) is 5.34. The minimum absolute atomic E-state index is 0.0408. The molecule has 26 heavy (non-hydrogen) atoms. The Morgan fingerprint density at radius 2 is 2.15 bits per heavy atom. The van der Waals surface area contributed by atoms with Gasteiger partial charge in [-0.1, -0.05) is 29.8 Å². The molecule has 138 valence electrons. The van der Waals surface area contributed by atoms with Crippen LogP contribution in [0.3, 0.4) is 0 Å². The molecule has 2 aliphatic rings. The minimum atomic E-state index is -0.492. The van der Waals surface area contributed by atoms with Crippen molar-refractivity contribution in [1.29, 1.82) is 0 Å². The van der Waals surface area contributed by atoms with Crippen molar-refractivity contribution in [2.24, 2.45) is 0 Å². The van der Waals surface area contributed by atoms with Gasteiger partial charge in [0, 0.05) is 24.7 Å². The second-order valence-electron chi connectivity index (χ2n) is 6.73. The van der Waals surface area contributed by atoms with Crippen LogP contribution in [0.25, 0.3) is 0 Å². The SMILES string of the molecule is C=CCN1C(=O)NC(c2cccc(Cl)c2)C2=C1CN(CCN(C)C)C2=O. The Bertz CT molecular complexity index is 775. The molecule has 7 heteroatoms. The molecule has 3 rings (SSSR count). The second kappa shape index (κ2) is 7.51. The van der Waals surface area contributed by atoms with E-state index in [2.05, 4.69) is 11.9 Å². The van der Waals surface area contributed by atoms with Crippen LogP contribution in [0, 0.1) is 0 Å². The maximum atomic E-state index is 13.1. The van der Waals surface area contributed by atoms with Crippen molar-refractivity contribution in [1.82, 2.24) is 20.0 Å². The van der Waals surface area contributed by atoms with Crippen LogP contribution in [-0.4, -0.2) is 66.9 Å². The number of urea groups is 1. The van der Waals surface area contributed by atoms with Gasteiger partial charge in [-0.05, 0) is 31.8 Å². The van der Waals surface area contributed by atoms with Gasteiger partial charge < -0.3 is 15.1 Å². The molecular formula is C19H23ClN4O2. The van der Waals surface area contributed by atoms with Crippen LogP contribution in [0.1, 0.15) is 11.6 Å². The van der Waals surface area contributed by atoms with Crippen molar-refractivity contribution in [2.45, 2.75) is 6.04 Å². The summed E-state index contributed by atoms with van der Waals surface area (Å²) >= 11 is 6.12. The molecule has 0 aliphatic carbocycles. The quantitative estimate of drug-likeness (QED) is 0.777. The van der Waals surface area contributed by atoms with Crippen LogP contribution < -0.4 is 5.32 Å². The lowest BCUT2D eigenvalue weighted by Crippen LogP contribution is -2.47. The number of carbonyl (C=O) groups is 2. The summed E-state index contributed by atoms with van der Waals surface area (Å²) in [6, 6.07) is 6.54. The van der Waals surface area contributed by atoms with Crippen molar-refractivity contribution in [3.63, 3.8) is 0 Å². The van der Waals surface area contributed by atoms with Crippen molar-refractivity contribution < 1.29 is 9.59 Å². The van der Waals surface area contributed by atoms with E-state index < -0.39 is 6.04 Å². The first-order chi connectivity index (χ1) is 12.4. The van der Waals surface area contributed by atoms with Gasteiger partial charge in [-0.3, -0.25) is 9.69 Å². The maximum absolute atomic E-state index is 13.1. The van der Waals surface area contributed by atoms with E-state index in [0.29, 0.717) is 30.2 Å². The summed E-state index contributed by atoms with van der Waals surface area (Å²) in [5.41, 5.74) is 2.18. The van der Waals surface area contributed by atoms with E-state index in [9.17, 15) is 9.59 Å². The highest BCUT2D eigenvalue weighted by atomic mass is 35.5. The summed E-state index contributed by atoms with van der Waals surface area (Å²) in [5, 5.41) is 3.52. The number of hydrogen-bond acceptors (Lipinski definition) is 3. The normalized spacial score (nSPS) is 19.9. The molecule has 0 spiro atoms. The molecule has 2 heterocycles. The van der Waals surface area contributed by atoms with Crippen LogP contribution in [-0.2, 0) is 4.79 Å². The zero-order chi connectivity index (χ0) is 18.8. The standard InChI is InChI=1S/C19H23ClN4O2/c1-4-8-24-15-12-23(10-9-22(2)3)18(25)16(15)17(21-19(24)26)13-6-5-7-14(20)11-13/h4-7,11,17H,1,8-10,12H2,2-3H3,(H,21,26). The number of nitrogens with one attached hydrogen (secondary N) is 1. The molecule has 1 aromatic rings. The molecule has 0 fully saturated rings. The van der Waals surface area contributed by atoms with Crippen LogP contribution in [0.5, 0.6) is 0 Å². The van der Waals surface area contributed by atoms with Gasteiger partial charge in [0.25, 0.3) is 5.91 Å². The van der Waals surface area contributed by atoms with Gasteiger partial charge in [0.15, 0.2) is 0 Å². The number of amides is 3. The van der Waals surface area contributed by atoms with Crippen molar-refractivity contribution in [2.75, 3.05) is 40.3 Å². The summed E-state index contributed by atoms with van der Waals surface area (Å²) in [6.07, 6.45) is 1.66. The molecule has 0 saturated carbocycles. The summed E-state index contributed by atoms with van der Waals surface area (Å²) in [4.78, 5) is 31.1. The number of hydrogen-bond donors (Lipinski definition) is 1. The van der Waals surface area contributed by atoms with E-state index in [-0.39, 0.29) is 11.9 Å². The summed E-state index contributed by atoms with van der Waals surface area (Å²) in [6.45, 7) is 5.89. The summed E-state index contributed by atoms with van der Waals surface area (Å²) < 4.78 is 0. The third-order valence-corrected chi connectivity index (χ3v) is 4.84. The van der Waals surface area contributed by atoms with Gasteiger partial charge in [0.2, 0.25) is 0 Å². The lowest BCUT2D eigenvalue weighted by Gasteiger charge is -2.33. The predicted molar refractivity (Wildman–Crippen MR) is 102 cm³/mol. The number of likely N-dealkylation sites (N-methyl/N-ethyl adjacent to an activating group) is 1. The number of rotatable bonds is 6. The Hall–Kier alpha value is -2.31. The lowest BCUT2D eigenvalue weighted by molar-refractivity contribution is -0.125. The van der Waals surface area contributed by atoms with E-state index >= 15 is 0 Å². The molecule has 1 atom stereocenters. The number of halogens is 1. The fraction of sp³-hybridized carbons (Fsp3) is 0.368. The molecule has 6 nitrogen and oxygen atoms in total. The Balaban J connectivity index is 1.98. The van der Waals surface area contributed by atoms with Crippen LogP contribution in [0.2, 0.25) is 5.02 Å². The fourth-order valence-corrected chi connectivity index (χ4v) is 3.51. The van der Waals surface area contributed by atoms with E-state index in [1.54, 1.807) is 28.0 Å². The topological polar surface area (TPSA) is 55.9 Å². The van der Waals surface area contributed by atoms with E-state index in [0.717, 1.165) is 17.8 Å². The monoisotopic (exact) mass is 374 g/mol. The van der Waals surface area contributed by atoms with Crippen LogP contribution in [0.4, 0.5) is 4.79 Å². The van der Waals surface area contributed by atoms with Crippen molar-refractivity contribution in [3.8, 4) is 0 Å². The third kappa shape index (κ3) is 3.48. The summed E-state index contributed by atoms with van der Waals surface area (Å²) in [5.74, 6) is -0.0408. The molecule has 1 N–H and O–H groups in total. The number of benzene rings is 1. The first-order valence-electron chi connectivity index (χ1n) is 8.53. The van der Waals surface area contributed by atoms with Crippen molar-refractivity contribution in [3.05, 3.63) is 58.8 Å². The van der Waals surface area contributed by atoms with Gasteiger partial charge in [0.05, 0.1) is 23.9 Å².